The molecule has 18 N–H and O–H groups in total. The Bertz CT molecular complexity index is 1910. The summed E-state index contributed by atoms with van der Waals surface area (Å²) in [7, 11) is 0. The number of hydrogen-bond donors (Lipinski definition) is 6. The normalized spacial score (nSPS) is 12.5. The van der Waals surface area contributed by atoms with Gasteiger partial charge in [-0.2, -0.15) is 96.6 Å². The minimum absolute atomic E-state index is 0. The molecule has 1 rings (SSSR count). The summed E-state index contributed by atoms with van der Waals surface area (Å²) in [4.78, 5) is 94.8. The van der Waals surface area contributed by atoms with Gasteiger partial charge in [0.2, 0.25) is 0 Å². The van der Waals surface area contributed by atoms with Crippen molar-refractivity contribution in [2.75, 3.05) is 0 Å². The zero-order valence-corrected chi connectivity index (χ0v) is 35.4. The van der Waals surface area contributed by atoms with Gasteiger partial charge in [-0.25, -0.2) is 19.2 Å². The van der Waals surface area contributed by atoms with Gasteiger partial charge >= 0.3 is 107 Å². The maximum Gasteiger partial charge on any atom is 0.460 e. The van der Waals surface area contributed by atoms with E-state index in [-0.39, 0.29) is 36.9 Å². The largest absolute Gasteiger partial charge is 0.460 e. The second-order valence-electron chi connectivity index (χ2n) is 12.6. The fraction of sp³-hybridized carbons (Fsp3) is 0.562. The third-order valence-corrected chi connectivity index (χ3v) is 7.81. The second-order valence-corrected chi connectivity index (χ2v) is 12.6. The first-order chi connectivity index (χ1) is 29.4. The monoisotopic (exact) mass is 1120 g/mol. The quantitative estimate of drug-likeness (QED) is 0.0232. The minimum Gasteiger partial charge on any atom is -0.389 e. The molecule has 0 amide bonds. The van der Waals surface area contributed by atoms with E-state index in [4.69, 9.17) is 0 Å². The molecular weight excluding hydrogens is 1080 g/mol. The maximum atomic E-state index is 13.7. The number of ether oxygens (including phenoxy) is 4. The molecule has 0 atom stereocenters. The van der Waals surface area contributed by atoms with Crippen LogP contribution in [0.5, 0.6) is 0 Å². The van der Waals surface area contributed by atoms with Crippen LogP contribution < -0.4 is 36.9 Å². The van der Waals surface area contributed by atoms with E-state index in [1.807, 2.05) is 0 Å². The number of rotatable bonds is 20. The predicted molar refractivity (Wildman–Crippen MR) is 188 cm³/mol. The van der Waals surface area contributed by atoms with Crippen molar-refractivity contribution in [2.24, 2.45) is 0 Å². The van der Waals surface area contributed by atoms with E-state index < -0.39 is 170 Å². The number of esters is 8. The summed E-state index contributed by atoms with van der Waals surface area (Å²) < 4.78 is 302. The highest BCUT2D eigenvalue weighted by molar-refractivity contribution is 6.07. The van der Waals surface area contributed by atoms with E-state index in [2.05, 4.69) is 18.9 Å². The minimum atomic E-state index is -7.99. The van der Waals surface area contributed by atoms with Crippen molar-refractivity contribution in [3.63, 3.8) is 0 Å². The van der Waals surface area contributed by atoms with Gasteiger partial charge < -0.3 is 55.9 Å². The number of unbranched alkanes of at least 4 members (excludes halogenated alkanes) is 2. The lowest BCUT2D eigenvalue weighted by Gasteiger charge is -2.35. The van der Waals surface area contributed by atoms with Crippen molar-refractivity contribution in [2.45, 2.75) is 111 Å². The Balaban J connectivity index is -0.00000181. The molecule has 0 aliphatic rings. The Morgan fingerprint density at radius 2 is 0.528 bits per heavy atom. The molecule has 0 radical (unpaired) electrons. The summed E-state index contributed by atoms with van der Waals surface area (Å²) in [5, 5.41) is 0. The summed E-state index contributed by atoms with van der Waals surface area (Å²) in [6.45, 7) is 0. The first kappa shape index (κ1) is 77.5. The van der Waals surface area contributed by atoms with E-state index >= 15 is 0 Å². The molecule has 0 aromatic heterocycles. The van der Waals surface area contributed by atoms with Crippen LogP contribution in [0.25, 0.3) is 0 Å². The molecule has 0 spiro atoms. The van der Waals surface area contributed by atoms with Crippen molar-refractivity contribution in [1.82, 2.24) is 36.9 Å². The summed E-state index contributed by atoms with van der Waals surface area (Å²) in [5.74, 6) is -80.8. The van der Waals surface area contributed by atoms with Crippen LogP contribution in [-0.2, 0) is 47.7 Å². The number of carbonyl (C=O) groups is 8. The van der Waals surface area contributed by atoms with Gasteiger partial charge in [-0.3, -0.25) is 19.2 Å². The molecule has 0 fully saturated rings. The Morgan fingerprint density at radius 3 is 0.736 bits per heavy atom. The third-order valence-electron chi connectivity index (χ3n) is 7.81. The molecule has 18 nitrogen and oxygen atoms in total. The van der Waals surface area contributed by atoms with E-state index in [1.54, 1.807) is 0 Å². The first-order valence-corrected chi connectivity index (χ1v) is 16.7. The van der Waals surface area contributed by atoms with E-state index in [1.165, 1.54) is 0 Å². The number of hydrogen-bond acceptors (Lipinski definition) is 18. The molecule has 40 heteroatoms. The number of benzene rings is 1. The Kier molecular flexibility index (Phi) is 28.6. The highest BCUT2D eigenvalue weighted by Crippen LogP contribution is 2.59. The smallest absolute Gasteiger partial charge is 0.389 e. The van der Waals surface area contributed by atoms with E-state index in [0.29, 0.717) is 0 Å². The van der Waals surface area contributed by atoms with Crippen molar-refractivity contribution in [3.8, 4) is 0 Å². The van der Waals surface area contributed by atoms with Crippen molar-refractivity contribution in [3.05, 3.63) is 35.4 Å². The standard InChI is InChI=1S/C32H20F22O12.6H3N/c33-23(34,25(37,38)27(41,42)29(45,46)31(49,50)51)21(61)65-17(57)11-5-3-9-15(55)63-19(59)13-7-1-2-8-14(13)20(60)64-16(56)10-4-6-12-18(58)66-22(62)24(35,36)26(39,40)28(43,44)30(47,48)32(52,53)54;;;;;;/h1-2,7-8H,3-6,9-12H2;6*1H3. The second kappa shape index (κ2) is 26.6. The van der Waals surface area contributed by atoms with Crippen molar-refractivity contribution < 1.29 is 154 Å². The average molecular weight is 1120 g/mol. The highest BCUT2D eigenvalue weighted by atomic mass is 19.4. The predicted octanol–water partition coefficient (Wildman–Crippen LogP) is 9.49. The lowest BCUT2D eigenvalue weighted by molar-refractivity contribution is -0.418. The molecule has 0 unspecified atom stereocenters. The first-order valence-electron chi connectivity index (χ1n) is 16.7. The average Bonchev–Trinajstić information content (AvgIpc) is 3.16. The fourth-order valence-corrected chi connectivity index (χ4v) is 4.17. The highest BCUT2D eigenvalue weighted by Gasteiger charge is 2.90. The third kappa shape index (κ3) is 15.7. The molecule has 0 saturated heterocycles. The summed E-state index contributed by atoms with van der Waals surface area (Å²) in [6, 6.07) is 3.55. The van der Waals surface area contributed by atoms with Crippen LogP contribution in [0, 0.1) is 0 Å². The molecule has 72 heavy (non-hydrogen) atoms. The molecule has 1 aromatic rings. The fourth-order valence-electron chi connectivity index (χ4n) is 4.17. The van der Waals surface area contributed by atoms with Crippen LogP contribution in [0.4, 0.5) is 96.6 Å². The molecule has 0 heterocycles. The lowest BCUT2D eigenvalue weighted by atomic mass is 9.98. The summed E-state index contributed by atoms with van der Waals surface area (Å²) in [6.07, 6.45) is -22.7. The van der Waals surface area contributed by atoms with E-state index in [0.717, 1.165) is 24.3 Å². The molecule has 1 aromatic carbocycles. The van der Waals surface area contributed by atoms with E-state index in [9.17, 15) is 135 Å². The number of carbonyl (C=O) groups excluding carboxylic acids is 8. The van der Waals surface area contributed by atoms with Crippen LogP contribution in [0.3, 0.4) is 0 Å². The molecular formula is C32H38F22N6O12. The Labute approximate surface area is 385 Å². The van der Waals surface area contributed by atoms with Gasteiger partial charge in [-0.05, 0) is 37.8 Å². The lowest BCUT2D eigenvalue weighted by Crippen LogP contribution is -2.68. The van der Waals surface area contributed by atoms with Crippen molar-refractivity contribution in [1.29, 1.82) is 0 Å². The van der Waals surface area contributed by atoms with Crippen LogP contribution in [0.2, 0.25) is 0 Å². The zero-order chi connectivity index (χ0) is 52.1. The van der Waals surface area contributed by atoms with Gasteiger partial charge in [-0.1, -0.05) is 12.1 Å². The van der Waals surface area contributed by atoms with Gasteiger partial charge in [0.15, 0.2) is 0 Å². The summed E-state index contributed by atoms with van der Waals surface area (Å²) >= 11 is 0. The van der Waals surface area contributed by atoms with Gasteiger partial charge in [0.25, 0.3) is 0 Å². The summed E-state index contributed by atoms with van der Waals surface area (Å²) in [5.41, 5.74) is -1.70. The Morgan fingerprint density at radius 1 is 0.319 bits per heavy atom. The van der Waals surface area contributed by atoms with Gasteiger partial charge in [-0.15, -0.1) is 0 Å². The van der Waals surface area contributed by atoms with Crippen LogP contribution in [-0.4, -0.2) is 107 Å². The molecule has 422 valence electrons. The molecule has 0 saturated carbocycles. The van der Waals surface area contributed by atoms with Crippen LogP contribution in [0.1, 0.15) is 72.1 Å². The molecule has 0 aliphatic heterocycles. The van der Waals surface area contributed by atoms with Crippen molar-refractivity contribution >= 4 is 47.8 Å². The van der Waals surface area contributed by atoms with Gasteiger partial charge in [0.05, 0.1) is 11.1 Å². The van der Waals surface area contributed by atoms with Crippen LogP contribution in [0.15, 0.2) is 24.3 Å². The number of halogens is 22. The topological polar surface area (TPSA) is 383 Å². The Hall–Kier alpha value is -6.00. The number of alkyl halides is 22. The zero-order valence-electron chi connectivity index (χ0n) is 35.4. The molecule has 0 aliphatic carbocycles. The van der Waals surface area contributed by atoms with Crippen LogP contribution >= 0.6 is 0 Å². The maximum absolute atomic E-state index is 13.7. The SMILES string of the molecule is N.N.N.N.N.N.O=C(CCCCC(=O)OC(=O)C(F)(F)C(F)(F)C(F)(F)C(F)(F)C(F)(F)F)OC(=O)c1ccccc1C(=O)OC(=O)CCCCC(=O)OC(=O)C(F)(F)C(F)(F)C(F)(F)C(F)(F)C(F)(F)F. The van der Waals surface area contributed by atoms with Gasteiger partial charge in [0, 0.05) is 25.7 Å². The molecule has 0 bridgehead atoms. The van der Waals surface area contributed by atoms with Gasteiger partial charge in [0.1, 0.15) is 0 Å².